The van der Waals surface area contributed by atoms with Gasteiger partial charge in [-0.2, -0.15) is 0 Å². The van der Waals surface area contributed by atoms with Gasteiger partial charge in [-0.25, -0.2) is 0 Å². The van der Waals surface area contributed by atoms with Crippen LogP contribution in [0.25, 0.3) is 0 Å². The molecule has 0 aliphatic carbocycles. The zero-order valence-corrected chi connectivity index (χ0v) is 6.92. The summed E-state index contributed by atoms with van der Waals surface area (Å²) in [5.41, 5.74) is 0. The van der Waals surface area contributed by atoms with Gasteiger partial charge in [0.2, 0.25) is 5.91 Å². The van der Waals surface area contributed by atoms with Gasteiger partial charge in [0.05, 0.1) is 0 Å². The van der Waals surface area contributed by atoms with Crippen molar-refractivity contribution in [1.82, 2.24) is 4.57 Å². The second-order valence-corrected chi connectivity index (χ2v) is 2.65. The van der Waals surface area contributed by atoms with Gasteiger partial charge in [-0.15, -0.1) is 11.6 Å². The maximum atomic E-state index is 11.2. The fourth-order valence-corrected chi connectivity index (χ4v) is 0.982. The summed E-state index contributed by atoms with van der Waals surface area (Å²) in [7, 11) is 0. The fraction of sp³-hybridized carbons (Fsp3) is 0.375. The number of rotatable bonds is 3. The minimum atomic E-state index is 0.107. The van der Waals surface area contributed by atoms with Crippen molar-refractivity contribution in [1.29, 1.82) is 0 Å². The molecule has 60 valence electrons. The zero-order valence-electron chi connectivity index (χ0n) is 6.16. The normalized spacial score (nSPS) is 9.91. The predicted octanol–water partition coefficient (Wildman–Crippen LogP) is 2.15. The Hall–Kier alpha value is -0.760. The number of alkyl halides is 1. The van der Waals surface area contributed by atoms with E-state index in [1.807, 2.05) is 12.1 Å². The maximum Gasteiger partial charge on any atom is 0.230 e. The SMILES string of the molecule is O=C(CCCCl)n1cccc1. The van der Waals surface area contributed by atoms with Crippen LogP contribution in [0.5, 0.6) is 0 Å². The van der Waals surface area contributed by atoms with Crippen LogP contribution in [-0.2, 0) is 0 Å². The van der Waals surface area contributed by atoms with Crippen LogP contribution in [-0.4, -0.2) is 16.4 Å². The lowest BCUT2D eigenvalue weighted by Gasteiger charge is -1.98. The molecule has 0 bridgehead atoms. The van der Waals surface area contributed by atoms with Crippen molar-refractivity contribution in [2.24, 2.45) is 0 Å². The third-order valence-corrected chi connectivity index (χ3v) is 1.68. The number of carbonyl (C=O) groups excluding carboxylic acids is 1. The first-order valence-electron chi connectivity index (χ1n) is 3.56. The highest BCUT2D eigenvalue weighted by molar-refractivity contribution is 6.17. The molecule has 0 spiro atoms. The number of hydrogen-bond acceptors (Lipinski definition) is 1. The first-order valence-corrected chi connectivity index (χ1v) is 4.10. The van der Waals surface area contributed by atoms with Crippen molar-refractivity contribution in [3.05, 3.63) is 24.5 Å². The van der Waals surface area contributed by atoms with Gasteiger partial charge >= 0.3 is 0 Å². The number of hydrogen-bond donors (Lipinski definition) is 0. The van der Waals surface area contributed by atoms with Crippen LogP contribution < -0.4 is 0 Å². The first-order chi connectivity index (χ1) is 5.34. The van der Waals surface area contributed by atoms with Crippen molar-refractivity contribution in [3.8, 4) is 0 Å². The summed E-state index contributed by atoms with van der Waals surface area (Å²) < 4.78 is 1.58. The van der Waals surface area contributed by atoms with Gasteiger partial charge in [0.1, 0.15) is 0 Å². The second kappa shape index (κ2) is 4.19. The van der Waals surface area contributed by atoms with Crippen molar-refractivity contribution >= 4 is 17.5 Å². The van der Waals surface area contributed by atoms with E-state index in [9.17, 15) is 4.79 Å². The average molecular weight is 172 g/mol. The van der Waals surface area contributed by atoms with Gasteiger partial charge in [0.25, 0.3) is 0 Å². The highest BCUT2D eigenvalue weighted by atomic mass is 35.5. The molecular weight excluding hydrogens is 162 g/mol. The van der Waals surface area contributed by atoms with Crippen LogP contribution in [0.4, 0.5) is 0 Å². The molecule has 1 aromatic heterocycles. The Bertz CT molecular complexity index is 218. The number of aromatic nitrogens is 1. The molecule has 1 aromatic rings. The van der Waals surface area contributed by atoms with E-state index in [2.05, 4.69) is 0 Å². The Balaban J connectivity index is 2.43. The summed E-state index contributed by atoms with van der Waals surface area (Å²) in [6.45, 7) is 0. The van der Waals surface area contributed by atoms with Gasteiger partial charge in [-0.3, -0.25) is 9.36 Å². The Labute approximate surface area is 70.8 Å². The van der Waals surface area contributed by atoms with Crippen LogP contribution in [0, 0.1) is 0 Å². The van der Waals surface area contributed by atoms with Crippen LogP contribution in [0.3, 0.4) is 0 Å². The quantitative estimate of drug-likeness (QED) is 0.639. The smallest absolute Gasteiger partial charge is 0.230 e. The molecule has 0 saturated heterocycles. The Morgan fingerprint density at radius 1 is 1.36 bits per heavy atom. The van der Waals surface area contributed by atoms with Crippen LogP contribution >= 0.6 is 11.6 Å². The van der Waals surface area contributed by atoms with Crippen LogP contribution in [0.1, 0.15) is 17.6 Å². The summed E-state index contributed by atoms with van der Waals surface area (Å²) >= 11 is 5.45. The van der Waals surface area contributed by atoms with Crippen LogP contribution in [0.2, 0.25) is 0 Å². The van der Waals surface area contributed by atoms with Gasteiger partial charge < -0.3 is 0 Å². The van der Waals surface area contributed by atoms with Crippen molar-refractivity contribution in [3.63, 3.8) is 0 Å². The lowest BCUT2D eigenvalue weighted by molar-refractivity contribution is 0.0902. The average Bonchev–Trinajstić information content (AvgIpc) is 2.52. The summed E-state index contributed by atoms with van der Waals surface area (Å²) in [4.78, 5) is 11.2. The lowest BCUT2D eigenvalue weighted by atomic mass is 10.3. The summed E-state index contributed by atoms with van der Waals surface area (Å²) in [6, 6.07) is 3.66. The van der Waals surface area contributed by atoms with Gasteiger partial charge in [-0.05, 0) is 18.6 Å². The molecule has 1 rings (SSSR count). The van der Waals surface area contributed by atoms with E-state index in [0.717, 1.165) is 6.42 Å². The van der Waals surface area contributed by atoms with E-state index in [1.54, 1.807) is 17.0 Å². The highest BCUT2D eigenvalue weighted by Crippen LogP contribution is 1.98. The maximum absolute atomic E-state index is 11.2. The largest absolute Gasteiger partial charge is 0.295 e. The molecule has 0 amide bonds. The summed E-state index contributed by atoms with van der Waals surface area (Å²) in [5, 5.41) is 0. The fourth-order valence-electron chi connectivity index (χ4n) is 0.848. The number of carbonyl (C=O) groups is 1. The Morgan fingerprint density at radius 2 is 2.00 bits per heavy atom. The predicted molar refractivity (Wildman–Crippen MR) is 45.0 cm³/mol. The zero-order chi connectivity index (χ0) is 8.10. The third kappa shape index (κ3) is 2.39. The number of halogens is 1. The number of nitrogens with zero attached hydrogens (tertiary/aromatic N) is 1. The molecule has 0 aliphatic rings. The summed E-state index contributed by atoms with van der Waals surface area (Å²) in [6.07, 6.45) is 4.77. The molecule has 0 fully saturated rings. The van der Waals surface area contributed by atoms with Gasteiger partial charge in [-0.1, -0.05) is 0 Å². The van der Waals surface area contributed by atoms with Crippen molar-refractivity contribution in [2.45, 2.75) is 12.8 Å². The molecule has 0 atom stereocenters. The van der Waals surface area contributed by atoms with E-state index in [4.69, 9.17) is 11.6 Å². The molecule has 2 nitrogen and oxygen atoms in total. The first kappa shape index (κ1) is 8.34. The Kier molecular flexibility index (Phi) is 3.17. The van der Waals surface area contributed by atoms with Crippen LogP contribution in [0.15, 0.2) is 24.5 Å². The monoisotopic (exact) mass is 171 g/mol. The van der Waals surface area contributed by atoms with Crippen molar-refractivity contribution < 1.29 is 4.79 Å². The van der Waals surface area contributed by atoms with E-state index >= 15 is 0 Å². The summed E-state index contributed by atoms with van der Waals surface area (Å²) in [5.74, 6) is 0.656. The standard InChI is InChI=1S/C8H10ClNO/c9-5-3-4-8(11)10-6-1-2-7-10/h1-2,6-7H,3-5H2. The highest BCUT2D eigenvalue weighted by Gasteiger charge is 2.00. The molecule has 11 heavy (non-hydrogen) atoms. The minimum Gasteiger partial charge on any atom is -0.295 e. The minimum absolute atomic E-state index is 0.107. The molecule has 0 aliphatic heterocycles. The molecular formula is C8H10ClNO. The molecule has 0 saturated carbocycles. The Morgan fingerprint density at radius 3 is 2.55 bits per heavy atom. The molecule has 1 heterocycles. The lowest BCUT2D eigenvalue weighted by Crippen LogP contribution is -2.07. The van der Waals surface area contributed by atoms with Gasteiger partial charge in [0.15, 0.2) is 0 Å². The van der Waals surface area contributed by atoms with Crippen molar-refractivity contribution in [2.75, 3.05) is 5.88 Å². The molecule has 0 unspecified atom stereocenters. The van der Waals surface area contributed by atoms with Gasteiger partial charge in [0, 0.05) is 24.7 Å². The van der Waals surface area contributed by atoms with E-state index in [-0.39, 0.29) is 5.91 Å². The second-order valence-electron chi connectivity index (χ2n) is 2.28. The molecule has 3 heteroatoms. The van der Waals surface area contributed by atoms with E-state index < -0.39 is 0 Å². The molecule has 0 aromatic carbocycles. The third-order valence-electron chi connectivity index (χ3n) is 1.42. The molecule has 0 radical (unpaired) electrons. The van der Waals surface area contributed by atoms with E-state index in [1.165, 1.54) is 0 Å². The topological polar surface area (TPSA) is 22.0 Å². The van der Waals surface area contributed by atoms with E-state index in [0.29, 0.717) is 12.3 Å². The molecule has 0 N–H and O–H groups in total.